The quantitative estimate of drug-likeness (QED) is 0.927. The van der Waals surface area contributed by atoms with Gasteiger partial charge in [-0.2, -0.15) is 0 Å². The smallest absolute Gasteiger partial charge is 0.255 e. The molecule has 1 aliphatic heterocycles. The topological polar surface area (TPSA) is 38.3 Å². The van der Waals surface area contributed by atoms with Crippen LogP contribution in [0.25, 0.3) is 0 Å². The molecule has 0 aromatic heterocycles. The molecule has 1 unspecified atom stereocenters. The molecule has 18 heavy (non-hydrogen) atoms. The van der Waals surface area contributed by atoms with Crippen LogP contribution in [0.4, 0.5) is 4.39 Å². The third-order valence-electron chi connectivity index (χ3n) is 2.97. The molecule has 0 radical (unpaired) electrons. The molecule has 1 atom stereocenters. The van der Waals surface area contributed by atoms with E-state index >= 15 is 0 Å². The zero-order chi connectivity index (χ0) is 13.0. The highest BCUT2D eigenvalue weighted by Gasteiger charge is 2.17. The maximum atomic E-state index is 13.5. The summed E-state index contributed by atoms with van der Waals surface area (Å²) in [6.45, 7) is 1.31. The van der Waals surface area contributed by atoms with E-state index < -0.39 is 11.7 Å². The Balaban J connectivity index is 1.87. The first-order valence-electron chi connectivity index (χ1n) is 6.02. The van der Waals surface area contributed by atoms with Gasteiger partial charge >= 0.3 is 0 Å². The number of ether oxygens (including phenoxy) is 1. The SMILES string of the molecule is O=C(NCCC1CCCO1)c1c(F)cccc1Br. The Labute approximate surface area is 114 Å². The van der Waals surface area contributed by atoms with Crippen LogP contribution >= 0.6 is 15.9 Å². The second-order valence-electron chi connectivity index (χ2n) is 4.28. The zero-order valence-electron chi connectivity index (χ0n) is 9.92. The first-order valence-corrected chi connectivity index (χ1v) is 6.81. The lowest BCUT2D eigenvalue weighted by atomic mass is 10.1. The van der Waals surface area contributed by atoms with Crippen molar-refractivity contribution in [3.05, 3.63) is 34.1 Å². The minimum absolute atomic E-state index is 0.0600. The molecule has 1 aromatic rings. The van der Waals surface area contributed by atoms with Crippen LogP contribution in [0, 0.1) is 5.82 Å². The highest BCUT2D eigenvalue weighted by Crippen LogP contribution is 2.19. The summed E-state index contributed by atoms with van der Waals surface area (Å²) in [6.07, 6.45) is 3.13. The number of benzene rings is 1. The van der Waals surface area contributed by atoms with Crippen LogP contribution in [0.1, 0.15) is 29.6 Å². The lowest BCUT2D eigenvalue weighted by Crippen LogP contribution is -2.28. The summed E-state index contributed by atoms with van der Waals surface area (Å²) in [7, 11) is 0. The molecule has 1 aromatic carbocycles. The van der Waals surface area contributed by atoms with Gasteiger partial charge in [0.05, 0.1) is 11.7 Å². The summed E-state index contributed by atoms with van der Waals surface area (Å²) < 4.78 is 19.4. The van der Waals surface area contributed by atoms with Crippen LogP contribution in [0.5, 0.6) is 0 Å². The van der Waals surface area contributed by atoms with Gasteiger partial charge in [-0.3, -0.25) is 4.79 Å². The second-order valence-corrected chi connectivity index (χ2v) is 5.13. The maximum Gasteiger partial charge on any atom is 0.255 e. The third kappa shape index (κ3) is 3.29. The van der Waals surface area contributed by atoms with Gasteiger partial charge in [0.2, 0.25) is 0 Å². The molecule has 1 N–H and O–H groups in total. The van der Waals surface area contributed by atoms with Gasteiger partial charge in [0.1, 0.15) is 5.82 Å². The van der Waals surface area contributed by atoms with Gasteiger partial charge in [-0.05, 0) is 47.3 Å². The van der Waals surface area contributed by atoms with Crippen LogP contribution in [0.15, 0.2) is 22.7 Å². The molecule has 0 saturated carbocycles. The number of carbonyl (C=O) groups excluding carboxylic acids is 1. The monoisotopic (exact) mass is 315 g/mol. The molecule has 1 amide bonds. The van der Waals surface area contributed by atoms with Crippen molar-refractivity contribution in [3.8, 4) is 0 Å². The molecule has 5 heteroatoms. The molecule has 3 nitrogen and oxygen atoms in total. The molecule has 2 rings (SSSR count). The standard InChI is InChI=1S/C13H15BrFNO2/c14-10-4-1-5-11(15)12(10)13(17)16-7-6-9-3-2-8-18-9/h1,4-5,9H,2-3,6-8H2,(H,16,17). The van der Waals surface area contributed by atoms with Crippen LogP contribution in [-0.2, 0) is 4.74 Å². The van der Waals surface area contributed by atoms with E-state index in [4.69, 9.17) is 4.74 Å². The molecule has 0 aliphatic carbocycles. The molecular weight excluding hydrogens is 301 g/mol. The Hall–Kier alpha value is -0.940. The Morgan fingerprint density at radius 2 is 2.39 bits per heavy atom. The summed E-state index contributed by atoms with van der Waals surface area (Å²) >= 11 is 3.18. The fourth-order valence-electron chi connectivity index (χ4n) is 2.02. The summed E-state index contributed by atoms with van der Waals surface area (Å²) in [6, 6.07) is 4.49. The normalized spacial score (nSPS) is 18.9. The highest BCUT2D eigenvalue weighted by molar-refractivity contribution is 9.10. The predicted molar refractivity (Wildman–Crippen MR) is 70.0 cm³/mol. The largest absolute Gasteiger partial charge is 0.378 e. The third-order valence-corrected chi connectivity index (χ3v) is 3.63. The molecule has 1 aliphatic rings. The van der Waals surface area contributed by atoms with E-state index in [0.29, 0.717) is 11.0 Å². The van der Waals surface area contributed by atoms with E-state index in [-0.39, 0.29) is 11.7 Å². The average molecular weight is 316 g/mol. The number of hydrogen-bond donors (Lipinski definition) is 1. The zero-order valence-corrected chi connectivity index (χ0v) is 11.5. The summed E-state index contributed by atoms with van der Waals surface area (Å²) in [4.78, 5) is 11.8. The minimum Gasteiger partial charge on any atom is -0.378 e. The number of hydrogen-bond acceptors (Lipinski definition) is 2. The highest BCUT2D eigenvalue weighted by atomic mass is 79.9. The van der Waals surface area contributed by atoms with Crippen LogP contribution in [0.2, 0.25) is 0 Å². The van der Waals surface area contributed by atoms with Crippen molar-refractivity contribution in [2.24, 2.45) is 0 Å². The molecule has 1 heterocycles. The number of carbonyl (C=O) groups is 1. The van der Waals surface area contributed by atoms with E-state index in [0.717, 1.165) is 25.9 Å². The van der Waals surface area contributed by atoms with E-state index in [1.54, 1.807) is 12.1 Å². The molecule has 0 spiro atoms. The van der Waals surface area contributed by atoms with E-state index in [9.17, 15) is 9.18 Å². The second kappa shape index (κ2) is 6.29. The minimum atomic E-state index is -0.515. The van der Waals surface area contributed by atoms with Crippen LogP contribution < -0.4 is 5.32 Å². The Morgan fingerprint density at radius 3 is 3.06 bits per heavy atom. The van der Waals surface area contributed by atoms with Gasteiger partial charge in [-0.25, -0.2) is 4.39 Å². The average Bonchev–Trinajstić information content (AvgIpc) is 2.82. The van der Waals surface area contributed by atoms with Crippen molar-refractivity contribution in [2.75, 3.05) is 13.2 Å². The van der Waals surface area contributed by atoms with Crippen LogP contribution in [0.3, 0.4) is 0 Å². The first-order chi connectivity index (χ1) is 8.68. The van der Waals surface area contributed by atoms with Crippen molar-refractivity contribution in [2.45, 2.75) is 25.4 Å². The Bertz CT molecular complexity index is 413. The van der Waals surface area contributed by atoms with Gasteiger partial charge in [-0.15, -0.1) is 0 Å². The Kier molecular flexibility index (Phi) is 4.72. The van der Waals surface area contributed by atoms with Gasteiger partial charge in [0.25, 0.3) is 5.91 Å². The van der Waals surface area contributed by atoms with E-state index in [1.165, 1.54) is 6.07 Å². The molecule has 98 valence electrons. The van der Waals surface area contributed by atoms with E-state index in [2.05, 4.69) is 21.2 Å². The summed E-state index contributed by atoms with van der Waals surface area (Å²) in [5.41, 5.74) is 0.0600. The van der Waals surface area contributed by atoms with Gasteiger partial charge < -0.3 is 10.1 Å². The fraction of sp³-hybridized carbons (Fsp3) is 0.462. The van der Waals surface area contributed by atoms with Crippen molar-refractivity contribution < 1.29 is 13.9 Å². The number of amides is 1. The molecule has 1 saturated heterocycles. The van der Waals surface area contributed by atoms with Gasteiger partial charge in [-0.1, -0.05) is 6.07 Å². The lowest BCUT2D eigenvalue weighted by Gasteiger charge is -2.11. The van der Waals surface area contributed by atoms with Crippen molar-refractivity contribution in [3.63, 3.8) is 0 Å². The van der Waals surface area contributed by atoms with Crippen molar-refractivity contribution >= 4 is 21.8 Å². The van der Waals surface area contributed by atoms with Gasteiger partial charge in [0.15, 0.2) is 0 Å². The number of halogens is 2. The summed E-state index contributed by atoms with van der Waals surface area (Å²) in [5, 5.41) is 2.72. The molecule has 0 bridgehead atoms. The van der Waals surface area contributed by atoms with Crippen molar-refractivity contribution in [1.29, 1.82) is 0 Å². The van der Waals surface area contributed by atoms with E-state index in [1.807, 2.05) is 0 Å². The predicted octanol–water partition coefficient (Wildman–Crippen LogP) is 2.89. The summed E-state index contributed by atoms with van der Waals surface area (Å²) in [5.74, 6) is -0.906. The van der Waals surface area contributed by atoms with Gasteiger partial charge in [0, 0.05) is 17.6 Å². The number of nitrogens with one attached hydrogen (secondary N) is 1. The van der Waals surface area contributed by atoms with Crippen LogP contribution in [-0.4, -0.2) is 25.2 Å². The Morgan fingerprint density at radius 1 is 1.56 bits per heavy atom. The maximum absolute atomic E-state index is 13.5. The van der Waals surface area contributed by atoms with Crippen molar-refractivity contribution in [1.82, 2.24) is 5.32 Å². The lowest BCUT2D eigenvalue weighted by molar-refractivity contribution is 0.0903. The molecule has 1 fully saturated rings. The number of rotatable bonds is 4. The first kappa shape index (κ1) is 13.5. The fourth-order valence-corrected chi connectivity index (χ4v) is 2.54. The molecular formula is C13H15BrFNO2.